The van der Waals surface area contributed by atoms with Gasteiger partial charge in [-0.05, 0) is 36.8 Å². The molecule has 132 valence electrons. The quantitative estimate of drug-likeness (QED) is 0.719. The summed E-state index contributed by atoms with van der Waals surface area (Å²) >= 11 is 0. The Hall–Kier alpha value is -2.96. The van der Waals surface area contributed by atoms with Gasteiger partial charge in [0.15, 0.2) is 11.6 Å². The smallest absolute Gasteiger partial charge is 0.251 e. The summed E-state index contributed by atoms with van der Waals surface area (Å²) in [5, 5.41) is 4.97. The molecule has 0 aliphatic carbocycles. The SMILES string of the molecule is O=C(CNC(=O)c1ccc(F)c(F)c1)NCCCOc1ccccc1. The summed E-state index contributed by atoms with van der Waals surface area (Å²) in [7, 11) is 0. The van der Waals surface area contributed by atoms with E-state index in [1.54, 1.807) is 0 Å². The number of carbonyl (C=O) groups is 2. The van der Waals surface area contributed by atoms with E-state index in [4.69, 9.17) is 4.74 Å². The molecule has 0 atom stereocenters. The first-order chi connectivity index (χ1) is 12.1. The molecule has 7 heteroatoms. The van der Waals surface area contributed by atoms with E-state index < -0.39 is 17.5 Å². The van der Waals surface area contributed by atoms with Gasteiger partial charge in [-0.2, -0.15) is 0 Å². The fraction of sp³-hybridized carbons (Fsp3) is 0.222. The highest BCUT2D eigenvalue weighted by Gasteiger charge is 2.10. The fourth-order valence-electron chi connectivity index (χ4n) is 1.97. The van der Waals surface area contributed by atoms with Gasteiger partial charge in [0.2, 0.25) is 5.91 Å². The van der Waals surface area contributed by atoms with Gasteiger partial charge < -0.3 is 15.4 Å². The van der Waals surface area contributed by atoms with E-state index in [0.29, 0.717) is 19.6 Å². The summed E-state index contributed by atoms with van der Waals surface area (Å²) < 4.78 is 31.3. The molecule has 2 aromatic carbocycles. The maximum Gasteiger partial charge on any atom is 0.251 e. The van der Waals surface area contributed by atoms with Crippen molar-refractivity contribution in [1.82, 2.24) is 10.6 Å². The highest BCUT2D eigenvalue weighted by Crippen LogP contribution is 2.09. The van der Waals surface area contributed by atoms with Gasteiger partial charge in [0.1, 0.15) is 5.75 Å². The molecular weight excluding hydrogens is 330 g/mol. The maximum absolute atomic E-state index is 13.1. The molecule has 0 fully saturated rings. The second kappa shape index (κ2) is 9.36. The molecule has 2 N–H and O–H groups in total. The van der Waals surface area contributed by atoms with Crippen molar-refractivity contribution in [2.24, 2.45) is 0 Å². The van der Waals surface area contributed by atoms with E-state index in [9.17, 15) is 18.4 Å². The van der Waals surface area contributed by atoms with E-state index in [1.165, 1.54) is 0 Å². The standard InChI is InChI=1S/C18H18F2N2O3/c19-15-8-7-13(11-16(15)20)18(24)22-12-17(23)21-9-4-10-25-14-5-2-1-3-6-14/h1-3,5-8,11H,4,9-10,12H2,(H,21,23)(H,22,24). The van der Waals surface area contributed by atoms with Crippen LogP contribution in [0.15, 0.2) is 48.5 Å². The molecule has 0 heterocycles. The van der Waals surface area contributed by atoms with Crippen molar-refractivity contribution in [3.63, 3.8) is 0 Å². The van der Waals surface area contributed by atoms with Gasteiger partial charge in [0.25, 0.3) is 5.91 Å². The van der Waals surface area contributed by atoms with E-state index in [1.807, 2.05) is 30.3 Å². The van der Waals surface area contributed by atoms with E-state index in [-0.39, 0.29) is 18.0 Å². The minimum Gasteiger partial charge on any atom is -0.494 e. The number of ether oxygens (including phenoxy) is 1. The van der Waals surface area contributed by atoms with E-state index in [0.717, 1.165) is 23.9 Å². The van der Waals surface area contributed by atoms with Crippen LogP contribution in [0.25, 0.3) is 0 Å². The van der Waals surface area contributed by atoms with Crippen molar-refractivity contribution in [2.75, 3.05) is 19.7 Å². The van der Waals surface area contributed by atoms with Crippen molar-refractivity contribution in [2.45, 2.75) is 6.42 Å². The highest BCUT2D eigenvalue weighted by atomic mass is 19.2. The normalized spacial score (nSPS) is 10.2. The Balaban J connectivity index is 1.61. The van der Waals surface area contributed by atoms with E-state index >= 15 is 0 Å². The lowest BCUT2D eigenvalue weighted by atomic mass is 10.2. The molecule has 2 amide bonds. The van der Waals surface area contributed by atoms with Gasteiger partial charge in [-0.1, -0.05) is 18.2 Å². The molecular formula is C18H18F2N2O3. The zero-order valence-electron chi connectivity index (χ0n) is 13.4. The first kappa shape index (κ1) is 18.4. The van der Waals surface area contributed by atoms with Crippen LogP contribution in [0.4, 0.5) is 8.78 Å². The third-order valence-electron chi connectivity index (χ3n) is 3.25. The number of para-hydroxylation sites is 1. The lowest BCUT2D eigenvalue weighted by molar-refractivity contribution is -0.120. The monoisotopic (exact) mass is 348 g/mol. The Kier molecular flexibility index (Phi) is 6.88. The lowest BCUT2D eigenvalue weighted by Crippen LogP contribution is -2.37. The van der Waals surface area contributed by atoms with Gasteiger partial charge >= 0.3 is 0 Å². The Morgan fingerprint density at radius 1 is 0.960 bits per heavy atom. The molecule has 5 nitrogen and oxygen atoms in total. The van der Waals surface area contributed by atoms with Crippen LogP contribution in [0, 0.1) is 11.6 Å². The molecule has 0 aliphatic heterocycles. The molecule has 2 aromatic rings. The van der Waals surface area contributed by atoms with Crippen LogP contribution < -0.4 is 15.4 Å². The molecule has 0 radical (unpaired) electrons. The van der Waals surface area contributed by atoms with Gasteiger partial charge in [-0.15, -0.1) is 0 Å². The average molecular weight is 348 g/mol. The molecule has 25 heavy (non-hydrogen) atoms. The molecule has 2 rings (SSSR count). The number of hydrogen-bond acceptors (Lipinski definition) is 3. The summed E-state index contributed by atoms with van der Waals surface area (Å²) in [6.07, 6.45) is 0.609. The van der Waals surface area contributed by atoms with Crippen LogP contribution in [0.1, 0.15) is 16.8 Å². The molecule has 0 bridgehead atoms. The van der Waals surface area contributed by atoms with Gasteiger partial charge in [-0.25, -0.2) is 8.78 Å². The van der Waals surface area contributed by atoms with Gasteiger partial charge in [0.05, 0.1) is 13.2 Å². The molecule has 0 aromatic heterocycles. The van der Waals surface area contributed by atoms with Crippen LogP contribution in [-0.4, -0.2) is 31.5 Å². The predicted octanol–water partition coefficient (Wildman–Crippen LogP) is 2.28. The topological polar surface area (TPSA) is 67.4 Å². The zero-order valence-corrected chi connectivity index (χ0v) is 13.4. The lowest BCUT2D eigenvalue weighted by Gasteiger charge is -2.08. The maximum atomic E-state index is 13.1. The van der Waals surface area contributed by atoms with Gasteiger partial charge in [-0.3, -0.25) is 9.59 Å². The van der Waals surface area contributed by atoms with Crippen LogP contribution >= 0.6 is 0 Å². The predicted molar refractivity (Wildman–Crippen MR) is 88.3 cm³/mol. The number of nitrogens with one attached hydrogen (secondary N) is 2. The summed E-state index contributed by atoms with van der Waals surface area (Å²) in [4.78, 5) is 23.4. The summed E-state index contributed by atoms with van der Waals surface area (Å²) in [5.74, 6) is -2.42. The van der Waals surface area contributed by atoms with E-state index in [2.05, 4.69) is 10.6 Å². The third kappa shape index (κ3) is 6.21. The van der Waals surface area contributed by atoms with Crippen LogP contribution in [0.2, 0.25) is 0 Å². The van der Waals surface area contributed by atoms with Crippen molar-refractivity contribution in [3.05, 3.63) is 65.7 Å². The second-order valence-electron chi connectivity index (χ2n) is 5.18. The molecule has 0 aliphatic rings. The summed E-state index contributed by atoms with van der Waals surface area (Å²) in [5.41, 5.74) is -0.0528. The second-order valence-corrected chi connectivity index (χ2v) is 5.18. The van der Waals surface area contributed by atoms with Crippen molar-refractivity contribution >= 4 is 11.8 Å². The number of hydrogen-bond donors (Lipinski definition) is 2. The highest BCUT2D eigenvalue weighted by molar-refractivity contribution is 5.96. The Labute approximate surface area is 144 Å². The summed E-state index contributed by atoms with van der Waals surface area (Å²) in [6.45, 7) is 0.593. The van der Waals surface area contributed by atoms with Crippen LogP contribution in [0.3, 0.4) is 0 Å². The summed E-state index contributed by atoms with van der Waals surface area (Å²) in [6, 6.07) is 12.1. The zero-order chi connectivity index (χ0) is 18.1. The molecule has 0 unspecified atom stereocenters. The average Bonchev–Trinajstić information content (AvgIpc) is 2.62. The van der Waals surface area contributed by atoms with Crippen molar-refractivity contribution in [3.8, 4) is 5.75 Å². The minimum absolute atomic E-state index is 0.0528. The number of amides is 2. The Morgan fingerprint density at radius 3 is 2.44 bits per heavy atom. The molecule has 0 saturated heterocycles. The molecule has 0 spiro atoms. The minimum atomic E-state index is -1.12. The Bertz CT molecular complexity index is 724. The van der Waals surface area contributed by atoms with Crippen LogP contribution in [-0.2, 0) is 4.79 Å². The fourth-order valence-corrected chi connectivity index (χ4v) is 1.97. The third-order valence-corrected chi connectivity index (χ3v) is 3.25. The number of rotatable bonds is 8. The van der Waals surface area contributed by atoms with Crippen molar-refractivity contribution in [1.29, 1.82) is 0 Å². The number of halogens is 2. The molecule has 0 saturated carbocycles. The largest absolute Gasteiger partial charge is 0.494 e. The van der Waals surface area contributed by atoms with Crippen molar-refractivity contribution < 1.29 is 23.1 Å². The first-order valence-corrected chi connectivity index (χ1v) is 7.74. The first-order valence-electron chi connectivity index (χ1n) is 7.74. The number of carbonyl (C=O) groups excluding carboxylic acids is 2. The van der Waals surface area contributed by atoms with Gasteiger partial charge in [0, 0.05) is 12.1 Å². The van der Waals surface area contributed by atoms with Crippen LogP contribution in [0.5, 0.6) is 5.75 Å². The number of benzene rings is 2. The Morgan fingerprint density at radius 2 is 1.72 bits per heavy atom.